The summed E-state index contributed by atoms with van der Waals surface area (Å²) < 4.78 is 33.2. The van der Waals surface area contributed by atoms with Crippen molar-refractivity contribution in [1.29, 1.82) is 0 Å². The Balaban J connectivity index is 3.19. The van der Waals surface area contributed by atoms with E-state index in [4.69, 9.17) is 18.5 Å². The van der Waals surface area contributed by atoms with Gasteiger partial charge in [0.05, 0.1) is 31.2 Å². The zero-order valence-corrected chi connectivity index (χ0v) is 14.8. The van der Waals surface area contributed by atoms with E-state index >= 15 is 0 Å². The fourth-order valence-corrected chi connectivity index (χ4v) is 3.25. The van der Waals surface area contributed by atoms with Gasteiger partial charge in [-0.25, -0.2) is 14.2 Å². The predicted octanol–water partition coefficient (Wildman–Crippen LogP) is 2.57. The average Bonchev–Trinajstić information content (AvgIpc) is 2.56. The maximum Gasteiger partial charge on any atom is 0.410 e. The van der Waals surface area contributed by atoms with Crippen LogP contribution >= 0.6 is 7.60 Å². The maximum absolute atomic E-state index is 13.0. The molecule has 7 nitrogen and oxygen atoms in total. The molecule has 0 aromatic heterocycles. The largest absolute Gasteiger partial charge is 0.463 e. The normalized spacial score (nSPS) is 13.7. The maximum atomic E-state index is 13.0. The van der Waals surface area contributed by atoms with Gasteiger partial charge in [0.25, 0.3) is 0 Å². The van der Waals surface area contributed by atoms with Gasteiger partial charge in [0, 0.05) is 0 Å². The minimum Gasteiger partial charge on any atom is -0.463 e. The zero-order chi connectivity index (χ0) is 18.0. The lowest BCUT2D eigenvalue weighted by molar-refractivity contribution is -0.143. The SMILES string of the molecule is CCOC(=O)/C=C(\OP(=O)(OCC)c1ccccc1)C(=O)OCC. The van der Waals surface area contributed by atoms with E-state index in [1.807, 2.05) is 0 Å². The third-order valence-corrected chi connectivity index (χ3v) is 4.57. The molecule has 8 heteroatoms. The van der Waals surface area contributed by atoms with Gasteiger partial charge >= 0.3 is 19.5 Å². The van der Waals surface area contributed by atoms with Crippen LogP contribution in [-0.4, -0.2) is 31.8 Å². The van der Waals surface area contributed by atoms with Crippen molar-refractivity contribution in [3.05, 3.63) is 42.2 Å². The highest BCUT2D eigenvalue weighted by Gasteiger charge is 2.32. The molecule has 0 heterocycles. The standard InChI is InChI=1S/C16H21O7P/c1-4-20-15(17)12-14(16(18)21-5-2)23-24(19,22-6-3)13-10-8-7-9-11-13/h7-12H,4-6H2,1-3H3/b14-12-. The highest BCUT2D eigenvalue weighted by molar-refractivity contribution is 7.62. The molecule has 1 aromatic rings. The number of hydrogen-bond donors (Lipinski definition) is 0. The van der Waals surface area contributed by atoms with Crippen LogP contribution in [0.1, 0.15) is 20.8 Å². The number of ether oxygens (including phenoxy) is 2. The monoisotopic (exact) mass is 356 g/mol. The van der Waals surface area contributed by atoms with Gasteiger partial charge in [0.2, 0.25) is 5.76 Å². The van der Waals surface area contributed by atoms with Crippen LogP contribution in [0, 0.1) is 0 Å². The first-order chi connectivity index (χ1) is 11.5. The van der Waals surface area contributed by atoms with Gasteiger partial charge in [-0.1, -0.05) is 18.2 Å². The second-order valence-corrected chi connectivity index (χ2v) is 6.28. The molecule has 0 radical (unpaired) electrons. The molecule has 0 aliphatic rings. The Morgan fingerprint density at radius 2 is 1.62 bits per heavy atom. The summed E-state index contributed by atoms with van der Waals surface area (Å²) in [6, 6.07) is 8.14. The van der Waals surface area contributed by atoms with E-state index in [-0.39, 0.29) is 25.1 Å². The molecule has 0 amide bonds. The summed E-state index contributed by atoms with van der Waals surface area (Å²) in [6.45, 7) is 5.12. The van der Waals surface area contributed by atoms with Crippen LogP contribution in [-0.2, 0) is 32.7 Å². The molecule has 24 heavy (non-hydrogen) atoms. The molecule has 0 saturated heterocycles. The van der Waals surface area contributed by atoms with Crippen molar-refractivity contribution in [2.24, 2.45) is 0 Å². The number of carbonyl (C=O) groups is 2. The Bertz CT molecular complexity index is 625. The molecular formula is C16H21O7P. The van der Waals surface area contributed by atoms with Crippen LogP contribution in [0.15, 0.2) is 42.2 Å². The molecular weight excluding hydrogens is 335 g/mol. The molecule has 0 saturated carbocycles. The summed E-state index contributed by atoms with van der Waals surface area (Å²) in [6.07, 6.45) is 0.802. The molecule has 132 valence electrons. The number of carbonyl (C=O) groups excluding carboxylic acids is 2. The van der Waals surface area contributed by atoms with Gasteiger partial charge in [-0.15, -0.1) is 0 Å². The molecule has 0 spiro atoms. The second kappa shape index (κ2) is 9.90. The summed E-state index contributed by atoms with van der Waals surface area (Å²) in [5.74, 6) is -2.27. The topological polar surface area (TPSA) is 88.1 Å². The lowest BCUT2D eigenvalue weighted by Crippen LogP contribution is -2.17. The number of hydrogen-bond acceptors (Lipinski definition) is 7. The zero-order valence-electron chi connectivity index (χ0n) is 13.9. The molecule has 1 aromatic carbocycles. The summed E-state index contributed by atoms with van der Waals surface area (Å²) in [4.78, 5) is 23.6. The van der Waals surface area contributed by atoms with Crippen molar-refractivity contribution in [3.63, 3.8) is 0 Å². The van der Waals surface area contributed by atoms with Crippen molar-refractivity contribution in [2.45, 2.75) is 20.8 Å². The van der Waals surface area contributed by atoms with Crippen molar-refractivity contribution in [2.75, 3.05) is 19.8 Å². The molecule has 0 aliphatic heterocycles. The van der Waals surface area contributed by atoms with E-state index in [0.717, 1.165) is 6.08 Å². The van der Waals surface area contributed by atoms with Crippen LogP contribution < -0.4 is 5.30 Å². The van der Waals surface area contributed by atoms with Crippen molar-refractivity contribution in [3.8, 4) is 0 Å². The smallest absolute Gasteiger partial charge is 0.410 e. The lowest BCUT2D eigenvalue weighted by Gasteiger charge is -2.19. The third-order valence-electron chi connectivity index (χ3n) is 2.60. The number of esters is 2. The average molecular weight is 356 g/mol. The van der Waals surface area contributed by atoms with E-state index in [1.165, 1.54) is 0 Å². The second-order valence-electron chi connectivity index (χ2n) is 4.32. The van der Waals surface area contributed by atoms with E-state index in [2.05, 4.69) is 0 Å². The number of rotatable bonds is 9. The Morgan fingerprint density at radius 3 is 2.17 bits per heavy atom. The Labute approximate surface area is 141 Å². The Hall–Kier alpha value is -2.11. The third kappa shape index (κ3) is 5.83. The fraction of sp³-hybridized carbons (Fsp3) is 0.375. The van der Waals surface area contributed by atoms with Gasteiger partial charge in [0.1, 0.15) is 0 Å². The highest BCUT2D eigenvalue weighted by Crippen LogP contribution is 2.49. The van der Waals surface area contributed by atoms with Crippen LogP contribution in [0.5, 0.6) is 0 Å². The highest BCUT2D eigenvalue weighted by atomic mass is 31.2. The van der Waals surface area contributed by atoms with Crippen molar-refractivity contribution < 1.29 is 32.7 Å². The molecule has 0 bridgehead atoms. The summed E-state index contributed by atoms with van der Waals surface area (Å²) >= 11 is 0. The molecule has 1 rings (SSSR count). The fourth-order valence-electron chi connectivity index (χ4n) is 1.68. The summed E-state index contributed by atoms with van der Waals surface area (Å²) in [7, 11) is -3.86. The molecule has 0 fully saturated rings. The molecule has 1 atom stereocenters. The van der Waals surface area contributed by atoms with E-state index in [9.17, 15) is 14.2 Å². The summed E-state index contributed by atoms with van der Waals surface area (Å²) in [5.41, 5.74) is 0. The minimum atomic E-state index is -3.86. The molecule has 1 unspecified atom stereocenters. The number of benzene rings is 1. The van der Waals surface area contributed by atoms with Gasteiger partial charge in [-0.2, -0.15) is 0 Å². The van der Waals surface area contributed by atoms with E-state index in [1.54, 1.807) is 51.1 Å². The van der Waals surface area contributed by atoms with Gasteiger partial charge in [-0.3, -0.25) is 4.52 Å². The quantitative estimate of drug-likeness (QED) is 0.291. The Morgan fingerprint density at radius 1 is 1.00 bits per heavy atom. The van der Waals surface area contributed by atoms with Gasteiger partial charge in [-0.05, 0) is 32.9 Å². The van der Waals surface area contributed by atoms with Crippen LogP contribution in [0.25, 0.3) is 0 Å². The Kier molecular flexibility index (Phi) is 8.22. The first-order valence-electron chi connectivity index (χ1n) is 7.52. The van der Waals surface area contributed by atoms with E-state index in [0.29, 0.717) is 0 Å². The van der Waals surface area contributed by atoms with Crippen LogP contribution in [0.3, 0.4) is 0 Å². The lowest BCUT2D eigenvalue weighted by atomic mass is 10.4. The predicted molar refractivity (Wildman–Crippen MR) is 87.7 cm³/mol. The first kappa shape index (κ1) is 19.9. The van der Waals surface area contributed by atoms with Gasteiger partial charge < -0.3 is 14.0 Å². The van der Waals surface area contributed by atoms with Crippen LogP contribution in [0.4, 0.5) is 0 Å². The minimum absolute atomic E-state index is 0.0621. The van der Waals surface area contributed by atoms with E-state index < -0.39 is 25.3 Å². The molecule has 0 aliphatic carbocycles. The summed E-state index contributed by atoms with van der Waals surface area (Å²) in [5, 5.41) is 0.255. The van der Waals surface area contributed by atoms with Crippen molar-refractivity contribution >= 4 is 24.8 Å². The van der Waals surface area contributed by atoms with Crippen LogP contribution in [0.2, 0.25) is 0 Å². The van der Waals surface area contributed by atoms with Gasteiger partial charge in [0.15, 0.2) is 0 Å². The first-order valence-corrected chi connectivity index (χ1v) is 9.06. The van der Waals surface area contributed by atoms with Crippen molar-refractivity contribution in [1.82, 2.24) is 0 Å². The molecule has 0 N–H and O–H groups in total.